The molecule has 0 radical (unpaired) electrons. The molecule has 0 aromatic heterocycles. The van der Waals surface area contributed by atoms with Crippen LogP contribution in [0.4, 0.5) is 0 Å². The van der Waals surface area contributed by atoms with Gasteiger partial charge >= 0.3 is 0 Å². The number of nitrogens with one attached hydrogen (secondary N) is 1. The highest BCUT2D eigenvalue weighted by molar-refractivity contribution is 5.29. The molecule has 1 fully saturated rings. The Morgan fingerprint density at radius 1 is 1.12 bits per heavy atom. The molecule has 0 aliphatic carbocycles. The van der Waals surface area contributed by atoms with E-state index in [4.69, 9.17) is 4.74 Å². The molecule has 94 valence electrons. The fraction of sp³-hybridized carbons (Fsp3) is 0.600. The summed E-state index contributed by atoms with van der Waals surface area (Å²) in [5, 5.41) is 3.41. The van der Waals surface area contributed by atoms with E-state index in [2.05, 4.69) is 43.4 Å². The van der Waals surface area contributed by atoms with Crippen LogP contribution in [-0.4, -0.2) is 20.2 Å². The fourth-order valence-electron chi connectivity index (χ4n) is 2.43. The summed E-state index contributed by atoms with van der Waals surface area (Å²) < 4.78 is 5.50. The van der Waals surface area contributed by atoms with Gasteiger partial charge in [-0.1, -0.05) is 24.3 Å². The van der Waals surface area contributed by atoms with Gasteiger partial charge in [-0.15, -0.1) is 0 Å². The van der Waals surface area contributed by atoms with Crippen molar-refractivity contribution in [2.75, 3.05) is 20.2 Å². The highest BCUT2D eigenvalue weighted by Crippen LogP contribution is 2.28. The zero-order valence-corrected chi connectivity index (χ0v) is 11.1. The van der Waals surface area contributed by atoms with Crippen molar-refractivity contribution in [3.8, 4) is 0 Å². The summed E-state index contributed by atoms with van der Waals surface area (Å²) in [6.45, 7) is 6.50. The predicted molar refractivity (Wildman–Crippen MR) is 71.3 cm³/mol. The molecule has 2 nitrogen and oxygen atoms in total. The molecule has 1 N–H and O–H groups in total. The number of benzene rings is 1. The van der Waals surface area contributed by atoms with Crippen molar-refractivity contribution in [2.24, 2.45) is 0 Å². The number of rotatable bonds is 3. The second kappa shape index (κ2) is 5.19. The molecule has 1 saturated heterocycles. The Bertz CT molecular complexity index is 350. The van der Waals surface area contributed by atoms with Gasteiger partial charge in [0.05, 0.1) is 5.60 Å². The van der Waals surface area contributed by atoms with Gasteiger partial charge in [-0.2, -0.15) is 0 Å². The molecule has 1 heterocycles. The SMILES string of the molecule is COC(C)(C)c1ccc(C2CCNCC2)cc1. The van der Waals surface area contributed by atoms with E-state index in [0.717, 1.165) is 19.0 Å². The third-order valence-electron chi connectivity index (χ3n) is 3.93. The normalized spacial score (nSPS) is 18.3. The van der Waals surface area contributed by atoms with Crippen molar-refractivity contribution in [2.45, 2.75) is 38.2 Å². The lowest BCUT2D eigenvalue weighted by molar-refractivity contribution is 0.0192. The maximum absolute atomic E-state index is 5.50. The maximum atomic E-state index is 5.50. The second-order valence-electron chi connectivity index (χ2n) is 5.36. The summed E-state index contributed by atoms with van der Waals surface area (Å²) in [5.74, 6) is 0.732. The Balaban J connectivity index is 2.12. The number of hydrogen-bond donors (Lipinski definition) is 1. The number of piperidine rings is 1. The van der Waals surface area contributed by atoms with Crippen LogP contribution in [0.5, 0.6) is 0 Å². The quantitative estimate of drug-likeness (QED) is 0.866. The van der Waals surface area contributed by atoms with Crippen LogP contribution in [0.1, 0.15) is 43.7 Å². The van der Waals surface area contributed by atoms with Crippen molar-refractivity contribution >= 4 is 0 Å². The Morgan fingerprint density at radius 3 is 2.24 bits per heavy atom. The van der Waals surface area contributed by atoms with Crippen molar-refractivity contribution in [1.82, 2.24) is 5.32 Å². The van der Waals surface area contributed by atoms with E-state index < -0.39 is 0 Å². The molecule has 0 saturated carbocycles. The molecular formula is C15H23NO. The van der Waals surface area contributed by atoms with E-state index in [1.165, 1.54) is 24.0 Å². The predicted octanol–water partition coefficient (Wildman–Crippen LogP) is 3.04. The minimum absolute atomic E-state index is 0.188. The zero-order chi connectivity index (χ0) is 12.3. The lowest BCUT2D eigenvalue weighted by Crippen LogP contribution is -2.26. The van der Waals surface area contributed by atoms with E-state index in [1.54, 1.807) is 7.11 Å². The van der Waals surface area contributed by atoms with Gasteiger partial charge in [0, 0.05) is 7.11 Å². The molecule has 0 unspecified atom stereocenters. The van der Waals surface area contributed by atoms with Crippen LogP contribution in [0, 0.1) is 0 Å². The largest absolute Gasteiger partial charge is 0.374 e. The van der Waals surface area contributed by atoms with Crippen molar-refractivity contribution in [1.29, 1.82) is 0 Å². The van der Waals surface area contributed by atoms with Crippen molar-refractivity contribution < 1.29 is 4.74 Å². The van der Waals surface area contributed by atoms with Gasteiger partial charge in [0.25, 0.3) is 0 Å². The topological polar surface area (TPSA) is 21.3 Å². The minimum Gasteiger partial charge on any atom is -0.374 e. The zero-order valence-electron chi connectivity index (χ0n) is 11.1. The lowest BCUT2D eigenvalue weighted by atomic mass is 9.88. The summed E-state index contributed by atoms with van der Waals surface area (Å²) >= 11 is 0. The number of hydrogen-bond acceptors (Lipinski definition) is 2. The lowest BCUT2D eigenvalue weighted by Gasteiger charge is -2.26. The first-order chi connectivity index (χ1) is 8.13. The molecule has 0 bridgehead atoms. The highest BCUT2D eigenvalue weighted by atomic mass is 16.5. The first-order valence-electron chi connectivity index (χ1n) is 6.50. The molecule has 2 heteroatoms. The van der Waals surface area contributed by atoms with Crippen LogP contribution in [0.15, 0.2) is 24.3 Å². The average molecular weight is 233 g/mol. The Morgan fingerprint density at radius 2 is 1.71 bits per heavy atom. The van der Waals surface area contributed by atoms with Gasteiger partial charge < -0.3 is 10.1 Å². The van der Waals surface area contributed by atoms with Gasteiger partial charge in [0.1, 0.15) is 0 Å². The molecule has 1 aromatic carbocycles. The van der Waals surface area contributed by atoms with E-state index in [9.17, 15) is 0 Å². The van der Waals surface area contributed by atoms with Gasteiger partial charge in [0.15, 0.2) is 0 Å². The first-order valence-corrected chi connectivity index (χ1v) is 6.50. The molecule has 0 spiro atoms. The summed E-state index contributed by atoms with van der Waals surface area (Å²) in [6, 6.07) is 8.96. The van der Waals surface area contributed by atoms with E-state index in [0.29, 0.717) is 0 Å². The van der Waals surface area contributed by atoms with Gasteiger partial charge in [-0.3, -0.25) is 0 Å². The minimum atomic E-state index is -0.188. The standard InChI is InChI=1S/C15H23NO/c1-15(2,17-3)14-6-4-12(5-7-14)13-8-10-16-11-9-13/h4-7,13,16H,8-11H2,1-3H3. The molecule has 1 aliphatic rings. The number of methoxy groups -OCH3 is 1. The summed E-state index contributed by atoms with van der Waals surface area (Å²) in [5.41, 5.74) is 2.53. The van der Waals surface area contributed by atoms with Crippen LogP contribution in [0.25, 0.3) is 0 Å². The molecule has 1 aromatic rings. The first kappa shape index (κ1) is 12.6. The van der Waals surface area contributed by atoms with Gasteiger partial charge in [-0.25, -0.2) is 0 Å². The average Bonchev–Trinajstić information content (AvgIpc) is 2.40. The van der Waals surface area contributed by atoms with E-state index in [1.807, 2.05) is 0 Å². The third-order valence-corrected chi connectivity index (χ3v) is 3.93. The monoisotopic (exact) mass is 233 g/mol. The second-order valence-corrected chi connectivity index (χ2v) is 5.36. The van der Waals surface area contributed by atoms with Crippen LogP contribution in [0.2, 0.25) is 0 Å². The molecule has 17 heavy (non-hydrogen) atoms. The molecule has 0 amide bonds. The maximum Gasteiger partial charge on any atom is 0.0871 e. The molecular weight excluding hydrogens is 210 g/mol. The third kappa shape index (κ3) is 2.88. The van der Waals surface area contributed by atoms with E-state index >= 15 is 0 Å². The van der Waals surface area contributed by atoms with Gasteiger partial charge in [-0.05, 0) is 56.8 Å². The summed E-state index contributed by atoms with van der Waals surface area (Å²) in [7, 11) is 1.76. The van der Waals surface area contributed by atoms with Crippen LogP contribution in [-0.2, 0) is 10.3 Å². The Kier molecular flexibility index (Phi) is 3.85. The summed E-state index contributed by atoms with van der Waals surface area (Å²) in [4.78, 5) is 0. The van der Waals surface area contributed by atoms with Crippen LogP contribution in [0.3, 0.4) is 0 Å². The summed E-state index contributed by atoms with van der Waals surface area (Å²) in [6.07, 6.45) is 2.51. The molecule has 0 atom stereocenters. The number of ether oxygens (including phenoxy) is 1. The van der Waals surface area contributed by atoms with E-state index in [-0.39, 0.29) is 5.60 Å². The highest BCUT2D eigenvalue weighted by Gasteiger charge is 2.20. The van der Waals surface area contributed by atoms with Gasteiger partial charge in [0.2, 0.25) is 0 Å². The Hall–Kier alpha value is -0.860. The molecule has 2 rings (SSSR count). The fourth-order valence-corrected chi connectivity index (χ4v) is 2.43. The van der Waals surface area contributed by atoms with Crippen molar-refractivity contribution in [3.63, 3.8) is 0 Å². The van der Waals surface area contributed by atoms with Crippen molar-refractivity contribution in [3.05, 3.63) is 35.4 Å². The molecule has 1 aliphatic heterocycles. The smallest absolute Gasteiger partial charge is 0.0871 e. The Labute approximate surface area is 104 Å². The van der Waals surface area contributed by atoms with Crippen LogP contribution < -0.4 is 5.32 Å². The van der Waals surface area contributed by atoms with Crippen LogP contribution >= 0.6 is 0 Å².